The van der Waals surface area contributed by atoms with Gasteiger partial charge in [-0.25, -0.2) is 0 Å². The van der Waals surface area contributed by atoms with Gasteiger partial charge in [0.2, 0.25) is 5.91 Å². The largest absolute Gasteiger partial charge is 0.356 e. The van der Waals surface area contributed by atoms with Crippen molar-refractivity contribution in [2.75, 3.05) is 0 Å². The quantitative estimate of drug-likeness (QED) is 0.834. The molecule has 1 rings (SSSR count). The fraction of sp³-hybridized carbons (Fsp3) is 0.467. The molecule has 0 aliphatic carbocycles. The van der Waals surface area contributed by atoms with E-state index in [4.69, 9.17) is 12.2 Å². The minimum Gasteiger partial charge on any atom is -0.356 e. The molecule has 0 bridgehead atoms. The van der Waals surface area contributed by atoms with E-state index in [1.54, 1.807) is 0 Å². The zero-order chi connectivity index (χ0) is 14.5. The number of carbonyl (C=O) groups excluding carboxylic acids is 1. The number of thiocarbonyl (C=S) groups is 1. The number of rotatable bonds is 3. The molecule has 0 saturated carbocycles. The van der Waals surface area contributed by atoms with Crippen molar-refractivity contribution in [3.8, 4) is 0 Å². The molecule has 4 heteroatoms. The van der Waals surface area contributed by atoms with Crippen LogP contribution in [0.2, 0.25) is 0 Å². The average molecular weight is 278 g/mol. The van der Waals surface area contributed by atoms with Crippen LogP contribution in [0.4, 0.5) is 0 Å². The van der Waals surface area contributed by atoms with Crippen molar-refractivity contribution in [1.29, 1.82) is 0 Å². The average Bonchev–Trinajstić information content (AvgIpc) is 2.35. The summed E-state index contributed by atoms with van der Waals surface area (Å²) in [5, 5.41) is 6.31. The van der Waals surface area contributed by atoms with Gasteiger partial charge in [0.1, 0.15) is 0 Å². The minimum absolute atomic E-state index is 0.0760. The summed E-state index contributed by atoms with van der Waals surface area (Å²) in [5.41, 5.74) is 0.720. The molecule has 0 spiro atoms. The highest BCUT2D eigenvalue weighted by molar-refractivity contribution is 7.80. The molecule has 1 amide bonds. The summed E-state index contributed by atoms with van der Waals surface area (Å²) in [6.45, 7) is 7.66. The molecule has 0 radical (unpaired) electrons. The van der Waals surface area contributed by atoms with Gasteiger partial charge in [-0.05, 0) is 24.2 Å². The molecule has 1 atom stereocenters. The highest BCUT2D eigenvalue weighted by Gasteiger charge is 2.22. The minimum atomic E-state index is -0.444. The molecule has 0 aliphatic rings. The van der Waals surface area contributed by atoms with E-state index in [-0.39, 0.29) is 11.9 Å². The van der Waals surface area contributed by atoms with Gasteiger partial charge < -0.3 is 10.6 Å². The number of hydrogen-bond donors (Lipinski definition) is 2. The van der Waals surface area contributed by atoms with E-state index in [9.17, 15) is 4.79 Å². The first-order valence-electron chi connectivity index (χ1n) is 6.51. The van der Waals surface area contributed by atoms with Gasteiger partial charge in [-0.1, -0.05) is 58.0 Å². The predicted molar refractivity (Wildman–Crippen MR) is 82.8 cm³/mol. The van der Waals surface area contributed by atoms with E-state index < -0.39 is 5.41 Å². The Labute approximate surface area is 120 Å². The monoisotopic (exact) mass is 278 g/mol. The SMILES string of the molecule is CCC(NC(=S)NC(=O)C(C)(C)C)c1ccccc1. The topological polar surface area (TPSA) is 41.1 Å². The standard InChI is InChI=1S/C15H22N2OS/c1-5-12(11-9-7-6-8-10-11)16-14(19)17-13(18)15(2,3)4/h6-10,12H,5H2,1-4H3,(H2,16,17,18,19). The van der Waals surface area contributed by atoms with Gasteiger partial charge in [0.25, 0.3) is 0 Å². The number of benzene rings is 1. The van der Waals surface area contributed by atoms with Crippen LogP contribution >= 0.6 is 12.2 Å². The first-order valence-corrected chi connectivity index (χ1v) is 6.92. The number of nitrogens with one attached hydrogen (secondary N) is 2. The maximum atomic E-state index is 11.8. The Balaban J connectivity index is 2.63. The lowest BCUT2D eigenvalue weighted by Crippen LogP contribution is -2.45. The van der Waals surface area contributed by atoms with Crippen molar-refractivity contribution in [2.24, 2.45) is 5.41 Å². The zero-order valence-electron chi connectivity index (χ0n) is 12.0. The van der Waals surface area contributed by atoms with E-state index in [1.807, 2.05) is 39.0 Å². The molecule has 0 saturated heterocycles. The summed E-state index contributed by atoms with van der Waals surface area (Å²) in [4.78, 5) is 11.8. The van der Waals surface area contributed by atoms with Crippen LogP contribution in [0.5, 0.6) is 0 Å². The fourth-order valence-corrected chi connectivity index (χ4v) is 1.83. The van der Waals surface area contributed by atoms with Crippen molar-refractivity contribution in [3.63, 3.8) is 0 Å². The third-order valence-corrected chi connectivity index (χ3v) is 3.04. The van der Waals surface area contributed by atoms with Gasteiger partial charge in [-0.2, -0.15) is 0 Å². The third kappa shape index (κ3) is 4.99. The molecular weight excluding hydrogens is 256 g/mol. The molecule has 1 aromatic carbocycles. The Kier molecular flexibility index (Phi) is 5.48. The Morgan fingerprint density at radius 2 is 1.84 bits per heavy atom. The van der Waals surface area contributed by atoms with Crippen LogP contribution < -0.4 is 10.6 Å². The van der Waals surface area contributed by atoms with Crippen molar-refractivity contribution in [3.05, 3.63) is 35.9 Å². The van der Waals surface area contributed by atoms with Crippen LogP contribution in [0.15, 0.2) is 30.3 Å². The number of amides is 1. The van der Waals surface area contributed by atoms with Crippen molar-refractivity contribution in [1.82, 2.24) is 10.6 Å². The number of hydrogen-bond acceptors (Lipinski definition) is 2. The summed E-state index contributed by atoms with van der Waals surface area (Å²) in [6.07, 6.45) is 0.898. The summed E-state index contributed by atoms with van der Waals surface area (Å²) in [7, 11) is 0. The Bertz CT molecular complexity index is 437. The van der Waals surface area contributed by atoms with Crippen LogP contribution in [0.1, 0.15) is 45.7 Å². The van der Waals surface area contributed by atoms with Gasteiger partial charge in [-0.15, -0.1) is 0 Å². The zero-order valence-corrected chi connectivity index (χ0v) is 12.8. The maximum Gasteiger partial charge on any atom is 0.231 e. The van der Waals surface area contributed by atoms with E-state index in [0.29, 0.717) is 5.11 Å². The summed E-state index contributed by atoms with van der Waals surface area (Å²) >= 11 is 5.20. The molecule has 2 N–H and O–H groups in total. The third-order valence-electron chi connectivity index (χ3n) is 2.82. The van der Waals surface area contributed by atoms with Crippen LogP contribution in [0.25, 0.3) is 0 Å². The van der Waals surface area contributed by atoms with Crippen LogP contribution in [-0.2, 0) is 4.79 Å². The van der Waals surface area contributed by atoms with Crippen LogP contribution in [0, 0.1) is 5.41 Å². The predicted octanol–water partition coefficient (Wildman–Crippen LogP) is 3.17. The summed E-state index contributed by atoms with van der Waals surface area (Å²) < 4.78 is 0. The van der Waals surface area contributed by atoms with E-state index >= 15 is 0 Å². The van der Waals surface area contributed by atoms with Crippen molar-refractivity contribution < 1.29 is 4.79 Å². The Morgan fingerprint density at radius 1 is 1.26 bits per heavy atom. The summed E-state index contributed by atoms with van der Waals surface area (Å²) in [6, 6.07) is 10.2. The molecule has 0 aromatic heterocycles. The lowest BCUT2D eigenvalue weighted by Gasteiger charge is -2.22. The summed E-state index contributed by atoms with van der Waals surface area (Å²) in [5.74, 6) is -0.0760. The normalized spacial score (nSPS) is 12.6. The highest BCUT2D eigenvalue weighted by atomic mass is 32.1. The highest BCUT2D eigenvalue weighted by Crippen LogP contribution is 2.16. The second-order valence-corrected chi connectivity index (χ2v) is 5.96. The lowest BCUT2D eigenvalue weighted by molar-refractivity contribution is -0.126. The second-order valence-electron chi connectivity index (χ2n) is 5.55. The molecule has 19 heavy (non-hydrogen) atoms. The lowest BCUT2D eigenvalue weighted by atomic mass is 9.96. The van der Waals surface area contributed by atoms with Crippen molar-refractivity contribution in [2.45, 2.75) is 40.2 Å². The molecular formula is C15H22N2OS. The van der Waals surface area contributed by atoms with Gasteiger partial charge in [-0.3, -0.25) is 4.79 Å². The van der Waals surface area contributed by atoms with Gasteiger partial charge >= 0.3 is 0 Å². The Hall–Kier alpha value is -1.42. The number of carbonyl (C=O) groups is 1. The first-order chi connectivity index (χ1) is 8.84. The van der Waals surface area contributed by atoms with Crippen LogP contribution in [0.3, 0.4) is 0 Å². The molecule has 104 valence electrons. The molecule has 3 nitrogen and oxygen atoms in total. The van der Waals surface area contributed by atoms with Gasteiger partial charge in [0.15, 0.2) is 5.11 Å². The smallest absolute Gasteiger partial charge is 0.231 e. The first kappa shape index (κ1) is 15.6. The molecule has 0 heterocycles. The molecule has 1 unspecified atom stereocenters. The molecule has 0 aliphatic heterocycles. The van der Waals surface area contributed by atoms with E-state index in [0.717, 1.165) is 12.0 Å². The van der Waals surface area contributed by atoms with Gasteiger partial charge in [0, 0.05) is 5.41 Å². The van der Waals surface area contributed by atoms with Crippen molar-refractivity contribution >= 4 is 23.2 Å². The fourth-order valence-electron chi connectivity index (χ4n) is 1.59. The second kappa shape index (κ2) is 6.66. The van der Waals surface area contributed by atoms with Gasteiger partial charge in [0.05, 0.1) is 6.04 Å². The van der Waals surface area contributed by atoms with Crippen LogP contribution in [-0.4, -0.2) is 11.0 Å². The maximum absolute atomic E-state index is 11.8. The molecule has 0 fully saturated rings. The Morgan fingerprint density at radius 3 is 2.32 bits per heavy atom. The molecule has 1 aromatic rings. The van der Waals surface area contributed by atoms with E-state index in [2.05, 4.69) is 29.7 Å². The van der Waals surface area contributed by atoms with E-state index in [1.165, 1.54) is 0 Å².